The molecule has 0 bridgehead atoms. The van der Waals surface area contributed by atoms with Crippen molar-refractivity contribution in [2.45, 2.75) is 58.8 Å². The molecule has 112 valence electrons. The first kappa shape index (κ1) is 15.1. The van der Waals surface area contributed by atoms with Gasteiger partial charge in [0.1, 0.15) is 5.82 Å². The molecule has 0 unspecified atom stereocenters. The molecule has 1 N–H and O–H groups in total. The first-order chi connectivity index (χ1) is 9.83. The number of hydrogen-bond donors (Lipinski definition) is 1. The van der Waals surface area contributed by atoms with E-state index in [1.165, 1.54) is 31.4 Å². The van der Waals surface area contributed by atoms with Gasteiger partial charge < -0.3 is 10.2 Å². The fourth-order valence-corrected chi connectivity index (χ4v) is 2.62. The molecule has 2 heterocycles. The predicted molar refractivity (Wildman–Crippen MR) is 85.5 cm³/mol. The van der Waals surface area contributed by atoms with Gasteiger partial charge in [-0.2, -0.15) is 4.98 Å². The summed E-state index contributed by atoms with van der Waals surface area (Å²) in [4.78, 5) is 11.9. The number of nitrogens with zero attached hydrogens (tertiary/aromatic N) is 3. The topological polar surface area (TPSA) is 41.1 Å². The van der Waals surface area contributed by atoms with E-state index in [2.05, 4.69) is 30.1 Å². The predicted octanol–water partition coefficient (Wildman–Crippen LogP) is 3.63. The maximum absolute atomic E-state index is 4.77. The van der Waals surface area contributed by atoms with Gasteiger partial charge in [0.15, 0.2) is 0 Å². The lowest BCUT2D eigenvalue weighted by atomic mass is 10.2. The summed E-state index contributed by atoms with van der Waals surface area (Å²) in [6.07, 6.45) is 8.48. The van der Waals surface area contributed by atoms with Crippen molar-refractivity contribution in [3.05, 3.63) is 11.8 Å². The minimum Gasteiger partial charge on any atom is -0.370 e. The minimum atomic E-state index is 0.927. The molecule has 0 amide bonds. The molecule has 0 radical (unpaired) electrons. The second kappa shape index (κ2) is 8.08. The third kappa shape index (κ3) is 4.36. The lowest BCUT2D eigenvalue weighted by molar-refractivity contribution is 0.726. The van der Waals surface area contributed by atoms with E-state index in [9.17, 15) is 0 Å². The molecule has 0 aromatic carbocycles. The third-order valence-corrected chi connectivity index (χ3v) is 3.72. The second-order valence-electron chi connectivity index (χ2n) is 5.62. The maximum Gasteiger partial charge on any atom is 0.227 e. The molecule has 1 saturated heterocycles. The SMILES string of the molecule is CCCNc1cc(CCC)nc(N2CCCCCC2)n1. The summed E-state index contributed by atoms with van der Waals surface area (Å²) >= 11 is 0. The van der Waals surface area contributed by atoms with Gasteiger partial charge in [0.2, 0.25) is 5.95 Å². The largest absolute Gasteiger partial charge is 0.370 e. The first-order valence-corrected chi connectivity index (χ1v) is 8.20. The van der Waals surface area contributed by atoms with E-state index in [1.54, 1.807) is 0 Å². The molecule has 1 aromatic rings. The molecule has 1 aliphatic rings. The van der Waals surface area contributed by atoms with Gasteiger partial charge in [-0.25, -0.2) is 4.98 Å². The van der Waals surface area contributed by atoms with Gasteiger partial charge in [0.25, 0.3) is 0 Å². The van der Waals surface area contributed by atoms with Crippen LogP contribution in [0.15, 0.2) is 6.07 Å². The minimum absolute atomic E-state index is 0.927. The van der Waals surface area contributed by atoms with Crippen LogP contribution in [-0.4, -0.2) is 29.6 Å². The molecule has 1 aromatic heterocycles. The van der Waals surface area contributed by atoms with Gasteiger partial charge in [-0.15, -0.1) is 0 Å². The van der Waals surface area contributed by atoms with E-state index >= 15 is 0 Å². The third-order valence-electron chi connectivity index (χ3n) is 3.72. The molecular weight excluding hydrogens is 248 g/mol. The summed E-state index contributed by atoms with van der Waals surface area (Å²) in [7, 11) is 0. The van der Waals surface area contributed by atoms with Crippen LogP contribution in [0.1, 0.15) is 58.1 Å². The van der Waals surface area contributed by atoms with Gasteiger partial charge in [0, 0.05) is 31.4 Å². The van der Waals surface area contributed by atoms with Crippen molar-refractivity contribution >= 4 is 11.8 Å². The number of aryl methyl sites for hydroxylation is 1. The van der Waals surface area contributed by atoms with E-state index in [0.29, 0.717) is 0 Å². The average molecular weight is 276 g/mol. The standard InChI is InChI=1S/C16H28N4/c1-3-9-14-13-15(17-10-4-2)19-16(18-14)20-11-7-5-6-8-12-20/h13H,3-12H2,1-2H3,(H,17,18,19). The van der Waals surface area contributed by atoms with Crippen molar-refractivity contribution in [3.8, 4) is 0 Å². The summed E-state index contributed by atoms with van der Waals surface area (Å²) in [5, 5.41) is 3.41. The first-order valence-electron chi connectivity index (χ1n) is 8.20. The Morgan fingerprint density at radius 3 is 2.45 bits per heavy atom. The monoisotopic (exact) mass is 276 g/mol. The second-order valence-corrected chi connectivity index (χ2v) is 5.62. The highest BCUT2D eigenvalue weighted by molar-refractivity contribution is 5.44. The van der Waals surface area contributed by atoms with Gasteiger partial charge >= 0.3 is 0 Å². The van der Waals surface area contributed by atoms with Crippen molar-refractivity contribution in [2.75, 3.05) is 29.9 Å². The molecule has 0 aliphatic carbocycles. The fraction of sp³-hybridized carbons (Fsp3) is 0.750. The summed E-state index contributed by atoms with van der Waals surface area (Å²) in [5.41, 5.74) is 1.17. The summed E-state index contributed by atoms with van der Waals surface area (Å²) in [5.74, 6) is 1.92. The molecule has 0 atom stereocenters. The Morgan fingerprint density at radius 1 is 1.05 bits per heavy atom. The highest BCUT2D eigenvalue weighted by atomic mass is 15.3. The van der Waals surface area contributed by atoms with Crippen LogP contribution in [0.2, 0.25) is 0 Å². The highest BCUT2D eigenvalue weighted by Crippen LogP contribution is 2.19. The quantitative estimate of drug-likeness (QED) is 0.861. The smallest absolute Gasteiger partial charge is 0.227 e. The van der Waals surface area contributed by atoms with E-state index in [4.69, 9.17) is 9.97 Å². The maximum atomic E-state index is 4.77. The summed E-state index contributed by atoms with van der Waals surface area (Å²) in [6, 6.07) is 2.11. The Labute approximate surface area is 123 Å². The molecule has 2 rings (SSSR count). The highest BCUT2D eigenvalue weighted by Gasteiger charge is 2.14. The fourth-order valence-electron chi connectivity index (χ4n) is 2.62. The van der Waals surface area contributed by atoms with Crippen molar-refractivity contribution in [3.63, 3.8) is 0 Å². The Balaban J connectivity index is 2.17. The van der Waals surface area contributed by atoms with E-state index in [-0.39, 0.29) is 0 Å². The summed E-state index contributed by atoms with van der Waals surface area (Å²) < 4.78 is 0. The Bertz CT molecular complexity index is 397. The van der Waals surface area contributed by atoms with Gasteiger partial charge in [-0.05, 0) is 25.7 Å². The van der Waals surface area contributed by atoms with Crippen molar-refractivity contribution < 1.29 is 0 Å². The Kier molecular flexibility index (Phi) is 6.09. The van der Waals surface area contributed by atoms with Crippen LogP contribution in [0.4, 0.5) is 11.8 Å². The van der Waals surface area contributed by atoms with E-state index in [0.717, 1.165) is 50.7 Å². The Morgan fingerprint density at radius 2 is 1.80 bits per heavy atom. The Hall–Kier alpha value is -1.32. The zero-order valence-electron chi connectivity index (χ0n) is 13.0. The molecule has 4 heteroatoms. The number of hydrogen-bond acceptors (Lipinski definition) is 4. The zero-order chi connectivity index (χ0) is 14.2. The van der Waals surface area contributed by atoms with Gasteiger partial charge in [0.05, 0.1) is 0 Å². The number of nitrogens with one attached hydrogen (secondary N) is 1. The normalized spacial score (nSPS) is 16.0. The van der Waals surface area contributed by atoms with Gasteiger partial charge in [-0.3, -0.25) is 0 Å². The van der Waals surface area contributed by atoms with Crippen LogP contribution in [0.5, 0.6) is 0 Å². The van der Waals surface area contributed by atoms with Crippen LogP contribution in [-0.2, 0) is 6.42 Å². The van der Waals surface area contributed by atoms with Crippen molar-refractivity contribution in [2.24, 2.45) is 0 Å². The van der Waals surface area contributed by atoms with Crippen LogP contribution in [0, 0.1) is 0 Å². The van der Waals surface area contributed by atoms with Crippen LogP contribution >= 0.6 is 0 Å². The summed E-state index contributed by atoms with van der Waals surface area (Å²) in [6.45, 7) is 7.55. The molecule has 1 fully saturated rings. The van der Waals surface area contributed by atoms with Crippen LogP contribution < -0.4 is 10.2 Å². The van der Waals surface area contributed by atoms with Crippen LogP contribution in [0.3, 0.4) is 0 Å². The molecule has 4 nitrogen and oxygen atoms in total. The number of anilines is 2. The van der Waals surface area contributed by atoms with E-state index in [1.807, 2.05) is 0 Å². The molecule has 20 heavy (non-hydrogen) atoms. The molecule has 1 aliphatic heterocycles. The lowest BCUT2D eigenvalue weighted by Crippen LogP contribution is -2.26. The molecular formula is C16H28N4. The number of aromatic nitrogens is 2. The van der Waals surface area contributed by atoms with Crippen molar-refractivity contribution in [1.29, 1.82) is 0 Å². The molecule has 0 saturated carbocycles. The van der Waals surface area contributed by atoms with Crippen molar-refractivity contribution in [1.82, 2.24) is 9.97 Å². The van der Waals surface area contributed by atoms with Gasteiger partial charge in [-0.1, -0.05) is 33.1 Å². The number of rotatable bonds is 6. The zero-order valence-corrected chi connectivity index (χ0v) is 13.0. The van der Waals surface area contributed by atoms with E-state index < -0.39 is 0 Å². The lowest BCUT2D eigenvalue weighted by Gasteiger charge is -2.21. The molecule has 0 spiro atoms. The average Bonchev–Trinajstić information content (AvgIpc) is 2.74. The van der Waals surface area contributed by atoms with Crippen LogP contribution in [0.25, 0.3) is 0 Å².